The van der Waals surface area contributed by atoms with Crippen LogP contribution in [0.5, 0.6) is 0 Å². The molecule has 1 radical (unpaired) electrons. The fourth-order valence-electron chi connectivity index (χ4n) is 1.02. The van der Waals surface area contributed by atoms with Crippen molar-refractivity contribution in [2.75, 3.05) is 6.61 Å². The molecule has 11 heteroatoms. The second kappa shape index (κ2) is 63.3. The van der Waals surface area contributed by atoms with Crippen LogP contribution >= 0.6 is 0 Å². The van der Waals surface area contributed by atoms with E-state index in [1.165, 1.54) is 0 Å². The maximum Gasteiger partial charge on any atom is 0 e. The van der Waals surface area contributed by atoms with E-state index in [1.807, 2.05) is 59.6 Å². The number of rotatable bonds is 4. The molecule has 0 saturated carbocycles. The second-order valence-electron chi connectivity index (χ2n) is 2.77. The van der Waals surface area contributed by atoms with Crippen LogP contribution in [0.3, 0.4) is 0 Å². The third kappa shape index (κ3) is 40.2. The Hall–Kier alpha value is -0.621. The van der Waals surface area contributed by atoms with Gasteiger partial charge in [-0.1, -0.05) is 0 Å². The molecule has 0 N–H and O–H groups in total. The Morgan fingerprint density at radius 2 is 1.21 bits per heavy atom. The quantitative estimate of drug-likeness (QED) is 0.173. The maximum atomic E-state index is 7.50. The Kier molecular flexibility index (Phi) is 115. The van der Waals surface area contributed by atoms with Crippen molar-refractivity contribution in [2.45, 2.75) is 12.2 Å². The van der Waals surface area contributed by atoms with E-state index >= 15 is 0 Å². The van der Waals surface area contributed by atoms with Gasteiger partial charge in [-0.3, -0.25) is 0 Å². The van der Waals surface area contributed by atoms with E-state index in [9.17, 15) is 0 Å². The molecule has 0 aliphatic heterocycles. The third-order valence-electron chi connectivity index (χ3n) is 1.73. The molecule has 0 aromatic heterocycles. The molecule has 151 valence electrons. The third-order valence-corrected chi connectivity index (χ3v) is 3.67. The Morgan fingerprint density at radius 3 is 1.50 bits per heavy atom. The number of hydrogen-bond acceptors (Lipinski definition) is 2. The SMILES string of the molecule is CCO/C=C(/[Te])C([S-])c1ccccc1.[C-]#[O+].[C-]#[O+].[C-]#[O+].[C-]#[O+].[C-]#[O+].[C-]#[O+].[Fe].[Fe]. The zero-order valence-electron chi connectivity index (χ0n) is 14.1. The van der Waals surface area contributed by atoms with Gasteiger partial charge in [-0.15, -0.1) is 0 Å². The summed E-state index contributed by atoms with van der Waals surface area (Å²) in [4.78, 5) is 0. The zero-order chi connectivity index (χ0) is 22.4. The van der Waals surface area contributed by atoms with E-state index in [2.05, 4.69) is 39.9 Å². The molecule has 1 aromatic carbocycles. The molecule has 0 spiro atoms. The van der Waals surface area contributed by atoms with Crippen molar-refractivity contribution >= 4 is 34.9 Å². The minimum atomic E-state index is 0. The van der Waals surface area contributed by atoms with Crippen molar-refractivity contribution in [1.82, 2.24) is 0 Å². The Balaban J connectivity index is -0.0000000410. The van der Waals surface area contributed by atoms with Gasteiger partial charge in [0.05, 0.1) is 0 Å². The van der Waals surface area contributed by atoms with Gasteiger partial charge in [0.15, 0.2) is 0 Å². The Morgan fingerprint density at radius 1 is 0.893 bits per heavy atom. The van der Waals surface area contributed by atoms with Crippen LogP contribution < -0.4 is 0 Å². The first-order chi connectivity index (χ1) is 12.8. The van der Waals surface area contributed by atoms with Crippen LogP contribution in [0.4, 0.5) is 0 Å². The van der Waals surface area contributed by atoms with Crippen molar-refractivity contribution in [3.63, 3.8) is 0 Å². The van der Waals surface area contributed by atoms with Crippen LogP contribution in [-0.2, 0) is 79.4 Å². The van der Waals surface area contributed by atoms with Gasteiger partial charge in [-0.2, -0.15) is 0 Å². The largest absolute Gasteiger partial charge is 0 e. The Labute approximate surface area is 205 Å². The maximum absolute atomic E-state index is 7.50. The molecule has 1 unspecified atom stereocenters. The second-order valence-corrected chi connectivity index (χ2v) is 4.58. The van der Waals surface area contributed by atoms with Crippen LogP contribution in [0.25, 0.3) is 0 Å². The summed E-state index contributed by atoms with van der Waals surface area (Å²) in [5.74, 6) is 0. The number of ether oxygens (including phenoxy) is 1. The van der Waals surface area contributed by atoms with E-state index in [0.717, 1.165) is 9.18 Å². The van der Waals surface area contributed by atoms with Crippen LogP contribution in [0, 0.1) is 39.9 Å². The van der Waals surface area contributed by atoms with E-state index in [1.54, 1.807) is 6.26 Å². The summed E-state index contributed by atoms with van der Waals surface area (Å²) in [5.41, 5.74) is 1.15. The number of benzene rings is 1. The van der Waals surface area contributed by atoms with Gasteiger partial charge in [-0.05, 0) is 0 Å². The van der Waals surface area contributed by atoms with Gasteiger partial charge in [0.25, 0.3) is 0 Å². The summed E-state index contributed by atoms with van der Waals surface area (Å²) in [7, 11) is 0. The zero-order valence-corrected chi connectivity index (χ0v) is 19.5. The van der Waals surface area contributed by atoms with Gasteiger partial charge in [0.2, 0.25) is 0 Å². The monoisotopic (exact) mass is 602 g/mol. The van der Waals surface area contributed by atoms with E-state index in [-0.39, 0.29) is 39.4 Å². The topological polar surface area (TPSA) is 129 Å². The fraction of sp³-hybridized carbons (Fsp3) is 0.176. The molecule has 1 atom stereocenters. The van der Waals surface area contributed by atoms with Crippen LogP contribution in [-0.4, -0.2) is 28.9 Å². The molecule has 0 amide bonds. The first-order valence-corrected chi connectivity index (χ1v) is 7.31. The van der Waals surface area contributed by atoms with Gasteiger partial charge in [-0.25, -0.2) is 0 Å². The van der Waals surface area contributed by atoms with Crippen molar-refractivity contribution in [2.24, 2.45) is 0 Å². The normalized spacial score (nSPS) is 7.29. The summed E-state index contributed by atoms with van der Waals surface area (Å²) in [6.07, 6.45) is 1.76. The van der Waals surface area contributed by atoms with Gasteiger partial charge in [0, 0.05) is 34.1 Å². The van der Waals surface area contributed by atoms with Gasteiger partial charge >= 0.3 is 172 Å². The van der Waals surface area contributed by atoms with Crippen LogP contribution in [0.15, 0.2) is 40.2 Å². The van der Waals surface area contributed by atoms with Crippen LogP contribution in [0.1, 0.15) is 17.7 Å². The number of hydrogen-bond donors (Lipinski definition) is 0. The predicted octanol–water partition coefficient (Wildman–Crippen LogP) is 2.09. The predicted molar refractivity (Wildman–Crippen MR) is 85.6 cm³/mol. The smallest absolute Gasteiger partial charge is 0 e. The first-order valence-electron chi connectivity index (χ1n) is 5.67. The van der Waals surface area contributed by atoms with E-state index < -0.39 is 0 Å². The van der Waals surface area contributed by atoms with Gasteiger partial charge in [0.1, 0.15) is 0 Å². The summed E-state index contributed by atoms with van der Waals surface area (Å²) in [5, 5.41) is 0.0209. The van der Waals surface area contributed by atoms with E-state index in [0.29, 0.717) is 6.61 Å². The molecule has 1 rings (SSSR count). The molecular formula is C17H12Fe2O7STe-. The summed E-state index contributed by atoms with van der Waals surface area (Å²) < 4.78 is 51.3. The fourth-order valence-corrected chi connectivity index (χ4v) is 1.81. The Bertz CT molecular complexity index is 495. The molecule has 0 heterocycles. The minimum Gasteiger partial charge on any atom is 0 e. The molecule has 28 heavy (non-hydrogen) atoms. The van der Waals surface area contributed by atoms with E-state index in [4.69, 9.17) is 45.3 Å². The molecule has 0 bridgehead atoms. The molecule has 0 aliphatic carbocycles. The summed E-state index contributed by atoms with van der Waals surface area (Å²) >= 11 is 7.32. The molecular weight excluding hydrogens is 588 g/mol. The van der Waals surface area contributed by atoms with Gasteiger partial charge < -0.3 is 0 Å². The minimum absolute atomic E-state index is 0. The standard InChI is InChI=1S/C11H13OSTe.6CO.2Fe/c1-2-12-8-10(14)11(13)9-6-4-3-5-7-9;6*1-2;;/h3-8,11,13H,2H2,1H3;;;;;;;;/p-1/b10-8+;;;;;;;;. The summed E-state index contributed by atoms with van der Waals surface area (Å²) in [6.45, 7) is 29.7. The molecule has 0 aliphatic rings. The molecule has 0 fully saturated rings. The molecule has 7 nitrogen and oxygen atoms in total. The summed E-state index contributed by atoms with van der Waals surface area (Å²) in [6, 6.07) is 10.1. The van der Waals surface area contributed by atoms with Crippen molar-refractivity contribution < 1.29 is 66.8 Å². The van der Waals surface area contributed by atoms with Crippen molar-refractivity contribution in [3.05, 3.63) is 85.7 Å². The van der Waals surface area contributed by atoms with Crippen LogP contribution in [0.2, 0.25) is 0 Å². The average molecular weight is 600 g/mol. The van der Waals surface area contributed by atoms with Crippen molar-refractivity contribution in [3.8, 4) is 0 Å². The molecule has 1 aromatic rings. The van der Waals surface area contributed by atoms with Crippen molar-refractivity contribution in [1.29, 1.82) is 0 Å². The first kappa shape index (κ1) is 50.7. The molecule has 0 saturated heterocycles. The average Bonchev–Trinajstić information content (AvgIpc) is 2.80.